The first-order valence-electron chi connectivity index (χ1n) is 10.7. The summed E-state index contributed by atoms with van der Waals surface area (Å²) in [6.45, 7) is 6.07. The number of nitrogens with two attached hydrogens (primary N) is 2. The Labute approximate surface area is 196 Å². The van der Waals surface area contributed by atoms with Crippen LogP contribution in [0, 0.1) is 13.8 Å². The molecule has 0 spiro atoms. The van der Waals surface area contributed by atoms with E-state index in [1.165, 1.54) is 11.3 Å². The number of ether oxygens (including phenoxy) is 1. The third-order valence-electron chi connectivity index (χ3n) is 6.04. The Hall–Kier alpha value is -3.66. The van der Waals surface area contributed by atoms with Gasteiger partial charge in [-0.05, 0) is 43.2 Å². The highest BCUT2D eigenvalue weighted by Gasteiger charge is 2.26. The molecule has 0 fully saturated rings. The SMILES string of the molecule is CNc1c(C)c(N2CCOc3c(C)cc(-c4cnc5sc(N)nc5c4)cc3C2)nc(N)[n+]1C. The molecule has 0 unspecified atom stereocenters. The van der Waals surface area contributed by atoms with Crippen LogP contribution in [-0.2, 0) is 13.6 Å². The Morgan fingerprint density at radius 3 is 2.76 bits per heavy atom. The van der Waals surface area contributed by atoms with Gasteiger partial charge < -0.3 is 26.4 Å². The number of nitrogens with zero attached hydrogens (tertiary/aromatic N) is 5. The Balaban J connectivity index is 1.57. The van der Waals surface area contributed by atoms with E-state index in [0.717, 1.165) is 55.5 Å². The van der Waals surface area contributed by atoms with Gasteiger partial charge in [0.05, 0.1) is 19.2 Å². The monoisotopic (exact) mass is 463 g/mol. The highest BCUT2D eigenvalue weighted by atomic mass is 32.1. The number of fused-ring (bicyclic) bond motifs is 2. The van der Waals surface area contributed by atoms with Crippen LogP contribution < -0.4 is 31.0 Å². The van der Waals surface area contributed by atoms with E-state index in [9.17, 15) is 0 Å². The molecule has 5 rings (SSSR count). The molecule has 3 aromatic heterocycles. The quantitative estimate of drug-likeness (QED) is 0.397. The standard InChI is InChI=1S/C23H26N8OS/c1-12-7-14(15-9-17-21(27-10-15)33-23(25)28-17)8-16-11-31(5-6-32-18(12)16)20-13(2)19(26-3)30(4)22(24)29-20/h7-10H,5-6,11H2,1-4H3,(H4,24,25,26,28,29)/p+1. The summed E-state index contributed by atoms with van der Waals surface area (Å²) in [6.07, 6.45) is 1.87. The van der Waals surface area contributed by atoms with Crippen molar-refractivity contribution in [1.82, 2.24) is 15.0 Å². The van der Waals surface area contributed by atoms with Crippen LogP contribution >= 0.6 is 11.3 Å². The van der Waals surface area contributed by atoms with E-state index in [0.29, 0.717) is 30.8 Å². The van der Waals surface area contributed by atoms with Crippen molar-refractivity contribution in [2.24, 2.45) is 7.05 Å². The number of thiazole rings is 1. The van der Waals surface area contributed by atoms with E-state index in [-0.39, 0.29) is 0 Å². The van der Waals surface area contributed by atoms with Gasteiger partial charge in [0, 0.05) is 30.9 Å². The lowest BCUT2D eigenvalue weighted by atomic mass is 9.99. The lowest BCUT2D eigenvalue weighted by Gasteiger charge is -2.22. The van der Waals surface area contributed by atoms with E-state index >= 15 is 0 Å². The van der Waals surface area contributed by atoms with Gasteiger partial charge in [-0.1, -0.05) is 16.3 Å². The van der Waals surface area contributed by atoms with Crippen LogP contribution in [0.4, 0.5) is 22.7 Å². The molecule has 0 saturated heterocycles. The zero-order chi connectivity index (χ0) is 23.3. The highest BCUT2D eigenvalue weighted by Crippen LogP contribution is 2.36. The average Bonchev–Trinajstić information content (AvgIpc) is 3.02. The summed E-state index contributed by atoms with van der Waals surface area (Å²) < 4.78 is 8.04. The largest absolute Gasteiger partial charge is 0.491 e. The van der Waals surface area contributed by atoms with E-state index in [4.69, 9.17) is 21.2 Å². The molecule has 5 N–H and O–H groups in total. The van der Waals surface area contributed by atoms with E-state index in [1.807, 2.05) is 30.9 Å². The van der Waals surface area contributed by atoms with Gasteiger partial charge in [0.2, 0.25) is 5.82 Å². The third-order valence-corrected chi connectivity index (χ3v) is 6.85. The number of nitrogen functional groups attached to an aromatic ring is 2. The van der Waals surface area contributed by atoms with Crippen molar-refractivity contribution >= 4 is 44.4 Å². The van der Waals surface area contributed by atoms with E-state index in [1.54, 1.807) is 0 Å². The lowest BCUT2D eigenvalue weighted by molar-refractivity contribution is -0.645. The predicted octanol–water partition coefficient (Wildman–Crippen LogP) is 2.80. The number of rotatable bonds is 3. The highest BCUT2D eigenvalue weighted by molar-refractivity contribution is 7.21. The fourth-order valence-corrected chi connectivity index (χ4v) is 5.12. The molecule has 9 nitrogen and oxygen atoms in total. The Morgan fingerprint density at radius 1 is 1.15 bits per heavy atom. The molecule has 1 aromatic carbocycles. The number of aryl methyl sites for hydroxylation is 1. The van der Waals surface area contributed by atoms with E-state index in [2.05, 4.69) is 46.2 Å². The van der Waals surface area contributed by atoms with Crippen molar-refractivity contribution in [3.05, 3.63) is 41.1 Å². The number of benzene rings is 1. The van der Waals surface area contributed by atoms with Gasteiger partial charge >= 0.3 is 5.95 Å². The van der Waals surface area contributed by atoms with Crippen LogP contribution in [0.1, 0.15) is 16.7 Å². The zero-order valence-electron chi connectivity index (χ0n) is 19.1. The molecule has 0 saturated carbocycles. The van der Waals surface area contributed by atoms with Gasteiger partial charge in [-0.2, -0.15) is 0 Å². The summed E-state index contributed by atoms with van der Waals surface area (Å²) in [5.74, 6) is 3.18. The maximum absolute atomic E-state index is 6.21. The average molecular weight is 464 g/mol. The smallest absolute Gasteiger partial charge is 0.346 e. The fraction of sp³-hybridized carbons (Fsp3) is 0.304. The summed E-state index contributed by atoms with van der Waals surface area (Å²) >= 11 is 1.39. The van der Waals surface area contributed by atoms with Gasteiger partial charge in [0.15, 0.2) is 10.9 Å². The van der Waals surface area contributed by atoms with Crippen LogP contribution in [0.15, 0.2) is 24.4 Å². The van der Waals surface area contributed by atoms with Crippen LogP contribution in [0.5, 0.6) is 5.75 Å². The second-order valence-electron chi connectivity index (χ2n) is 8.23. The normalized spacial score (nSPS) is 13.5. The molecule has 0 radical (unpaired) electrons. The Morgan fingerprint density at radius 2 is 1.97 bits per heavy atom. The van der Waals surface area contributed by atoms with Crippen molar-refractivity contribution in [2.45, 2.75) is 20.4 Å². The molecule has 0 amide bonds. The number of nitrogens with one attached hydrogen (secondary N) is 1. The van der Waals surface area contributed by atoms with Crippen molar-refractivity contribution in [2.75, 3.05) is 41.9 Å². The summed E-state index contributed by atoms with van der Waals surface area (Å²) in [7, 11) is 3.80. The van der Waals surface area contributed by atoms with Crippen LogP contribution in [0.2, 0.25) is 0 Å². The first kappa shape index (κ1) is 21.2. The fourth-order valence-electron chi connectivity index (χ4n) is 4.46. The molecule has 0 bridgehead atoms. The third kappa shape index (κ3) is 3.66. The first-order chi connectivity index (χ1) is 15.9. The topological polar surface area (TPSA) is 119 Å². The van der Waals surface area contributed by atoms with Gasteiger partial charge in [-0.15, -0.1) is 0 Å². The summed E-state index contributed by atoms with van der Waals surface area (Å²) in [5, 5.41) is 3.76. The molecular formula is C23H27N8OS+. The number of hydrogen-bond donors (Lipinski definition) is 3. The molecule has 4 aromatic rings. The summed E-state index contributed by atoms with van der Waals surface area (Å²) in [4.78, 5) is 16.7. The predicted molar refractivity (Wildman–Crippen MR) is 133 cm³/mol. The van der Waals surface area contributed by atoms with Gasteiger partial charge in [-0.25, -0.2) is 14.5 Å². The molecule has 1 aliphatic heterocycles. The molecule has 0 atom stereocenters. The second kappa shape index (κ2) is 8.04. The van der Waals surface area contributed by atoms with Crippen molar-refractivity contribution in [3.8, 4) is 16.9 Å². The minimum absolute atomic E-state index is 0.456. The Bertz CT molecular complexity index is 1380. The van der Waals surface area contributed by atoms with Gasteiger partial charge in [-0.3, -0.25) is 0 Å². The molecule has 1 aliphatic rings. The van der Waals surface area contributed by atoms with Gasteiger partial charge in [0.1, 0.15) is 22.7 Å². The minimum atomic E-state index is 0.456. The van der Waals surface area contributed by atoms with Crippen molar-refractivity contribution in [3.63, 3.8) is 0 Å². The summed E-state index contributed by atoms with van der Waals surface area (Å²) in [6, 6.07) is 6.34. The number of aromatic nitrogens is 4. The van der Waals surface area contributed by atoms with E-state index < -0.39 is 0 Å². The lowest BCUT2D eigenvalue weighted by Crippen LogP contribution is -2.39. The van der Waals surface area contributed by atoms with Gasteiger partial charge in [0.25, 0.3) is 0 Å². The number of hydrogen-bond acceptors (Lipinski definition) is 9. The molecular weight excluding hydrogens is 436 g/mol. The molecule has 4 heterocycles. The van der Waals surface area contributed by atoms with Crippen LogP contribution in [0.25, 0.3) is 21.5 Å². The first-order valence-corrected chi connectivity index (χ1v) is 11.5. The molecule has 170 valence electrons. The summed E-state index contributed by atoms with van der Waals surface area (Å²) in [5.41, 5.74) is 18.2. The van der Waals surface area contributed by atoms with Crippen molar-refractivity contribution in [1.29, 1.82) is 0 Å². The number of pyridine rings is 1. The molecule has 33 heavy (non-hydrogen) atoms. The zero-order valence-corrected chi connectivity index (χ0v) is 20.0. The molecule has 0 aliphatic carbocycles. The maximum atomic E-state index is 6.21. The van der Waals surface area contributed by atoms with Crippen molar-refractivity contribution < 1.29 is 9.30 Å². The Kier molecular flexibility index (Phi) is 5.16. The second-order valence-corrected chi connectivity index (χ2v) is 9.24. The molecule has 10 heteroatoms. The van der Waals surface area contributed by atoms with Crippen LogP contribution in [-0.4, -0.2) is 35.2 Å². The minimum Gasteiger partial charge on any atom is -0.491 e. The maximum Gasteiger partial charge on any atom is 0.346 e. The number of anilines is 4. The van der Waals surface area contributed by atoms with Crippen LogP contribution in [0.3, 0.4) is 0 Å².